The Kier molecular flexibility index (Phi) is 7.89. The molecule has 7 nitrogen and oxygen atoms in total. The molecule has 3 atom stereocenters. The maximum atomic E-state index is 14.4. The molecule has 1 aliphatic heterocycles. The predicted octanol–water partition coefficient (Wildman–Crippen LogP) is 5.18. The summed E-state index contributed by atoms with van der Waals surface area (Å²) in [6.07, 6.45) is -0.675. The summed E-state index contributed by atoms with van der Waals surface area (Å²) in [6, 6.07) is 11.4. The van der Waals surface area contributed by atoms with Crippen molar-refractivity contribution in [2.75, 3.05) is 19.7 Å². The van der Waals surface area contributed by atoms with Crippen molar-refractivity contribution in [2.24, 2.45) is 5.92 Å². The third-order valence-electron chi connectivity index (χ3n) is 7.46. The van der Waals surface area contributed by atoms with Gasteiger partial charge in [-0.2, -0.15) is 13.2 Å². The lowest BCUT2D eigenvalue weighted by Gasteiger charge is -2.30. The standard InChI is InChI=1S/C29H35F3N6O/c1-18(2)33-23-13-14-37(16-23)27(29(30,31)32)22-10-12-25-35-36-28(38(25)15-22)24-11-9-21-6-4-5-20(26(21)34-24)8-7-19(3)17-39/h4-6,9-12,15,18-19,23,27,33,39H,7-8,13-14,16-17H2,1-3H3/t19-,23-,27+/m0/s1. The zero-order valence-corrected chi connectivity index (χ0v) is 22.5. The molecule has 1 aliphatic rings. The second-order valence-electron chi connectivity index (χ2n) is 11.0. The topological polar surface area (TPSA) is 78.6 Å². The Morgan fingerprint density at radius 2 is 1.90 bits per heavy atom. The van der Waals surface area contributed by atoms with E-state index in [1.54, 1.807) is 10.5 Å². The van der Waals surface area contributed by atoms with Crippen LogP contribution in [0.4, 0.5) is 13.2 Å². The number of likely N-dealkylation sites (tertiary alicyclic amines) is 1. The van der Waals surface area contributed by atoms with Crippen LogP contribution >= 0.6 is 0 Å². The lowest BCUT2D eigenvalue weighted by Crippen LogP contribution is -2.41. The fourth-order valence-electron chi connectivity index (χ4n) is 5.51. The molecular weight excluding hydrogens is 505 g/mol. The molecule has 2 N–H and O–H groups in total. The van der Waals surface area contributed by atoms with E-state index < -0.39 is 12.2 Å². The largest absolute Gasteiger partial charge is 0.408 e. The molecule has 4 heterocycles. The Bertz CT molecular complexity index is 1440. The first-order valence-corrected chi connectivity index (χ1v) is 13.6. The first kappa shape index (κ1) is 27.5. The van der Waals surface area contributed by atoms with Crippen molar-refractivity contribution in [1.29, 1.82) is 0 Å². The normalized spacial score (nSPS) is 18.4. The summed E-state index contributed by atoms with van der Waals surface area (Å²) >= 11 is 0. The van der Waals surface area contributed by atoms with Gasteiger partial charge in [0.2, 0.25) is 0 Å². The highest BCUT2D eigenvalue weighted by molar-refractivity contribution is 5.84. The van der Waals surface area contributed by atoms with Crippen molar-refractivity contribution < 1.29 is 18.3 Å². The van der Waals surface area contributed by atoms with Crippen molar-refractivity contribution in [1.82, 2.24) is 29.8 Å². The van der Waals surface area contributed by atoms with Gasteiger partial charge in [0, 0.05) is 43.4 Å². The molecule has 3 aromatic heterocycles. The van der Waals surface area contributed by atoms with Crippen LogP contribution in [0.25, 0.3) is 28.1 Å². The Hall–Kier alpha value is -3.08. The number of halogens is 3. The van der Waals surface area contributed by atoms with Crippen LogP contribution in [0.15, 0.2) is 48.7 Å². The van der Waals surface area contributed by atoms with E-state index in [-0.39, 0.29) is 30.2 Å². The summed E-state index contributed by atoms with van der Waals surface area (Å²) in [5.74, 6) is 0.574. The van der Waals surface area contributed by atoms with Gasteiger partial charge in [-0.25, -0.2) is 4.98 Å². The summed E-state index contributed by atoms with van der Waals surface area (Å²) in [7, 11) is 0. The van der Waals surface area contributed by atoms with Crippen LogP contribution < -0.4 is 5.32 Å². The van der Waals surface area contributed by atoms with E-state index in [1.807, 2.05) is 51.1 Å². The van der Waals surface area contributed by atoms with Gasteiger partial charge in [0.05, 0.1) is 5.52 Å². The van der Waals surface area contributed by atoms with Gasteiger partial charge in [-0.3, -0.25) is 9.30 Å². The fourth-order valence-corrected chi connectivity index (χ4v) is 5.51. The van der Waals surface area contributed by atoms with Gasteiger partial charge < -0.3 is 10.4 Å². The van der Waals surface area contributed by atoms with Gasteiger partial charge in [-0.05, 0) is 48.4 Å². The lowest BCUT2D eigenvalue weighted by atomic mass is 9.99. The van der Waals surface area contributed by atoms with E-state index in [0.717, 1.165) is 29.3 Å². The van der Waals surface area contributed by atoms with Crippen molar-refractivity contribution >= 4 is 16.6 Å². The van der Waals surface area contributed by atoms with Gasteiger partial charge in [0.1, 0.15) is 11.7 Å². The van der Waals surface area contributed by atoms with Crippen molar-refractivity contribution in [2.45, 2.75) is 64.3 Å². The predicted molar refractivity (Wildman–Crippen MR) is 145 cm³/mol. The zero-order chi connectivity index (χ0) is 27.7. The molecule has 0 radical (unpaired) electrons. The summed E-state index contributed by atoms with van der Waals surface area (Å²) in [5.41, 5.74) is 3.03. The number of benzene rings is 1. The Morgan fingerprint density at radius 1 is 1.08 bits per heavy atom. The number of nitrogens with one attached hydrogen (secondary N) is 1. The monoisotopic (exact) mass is 540 g/mol. The van der Waals surface area contributed by atoms with Crippen molar-refractivity contribution in [3.05, 3.63) is 59.8 Å². The SMILES string of the molecule is CC(C)N[C@H]1CCN([C@H](c2ccc3nnc(-c4ccc5cccc(CC[C@H](C)CO)c5n4)n3c2)C(F)(F)F)C1. The number of para-hydroxylation sites is 1. The molecule has 0 bridgehead atoms. The van der Waals surface area contributed by atoms with Gasteiger partial charge >= 0.3 is 6.18 Å². The molecular formula is C29H35F3N6O. The minimum atomic E-state index is -4.43. The van der Waals surface area contributed by atoms with E-state index in [0.29, 0.717) is 36.7 Å². The smallest absolute Gasteiger partial charge is 0.396 e. The number of aryl methyl sites for hydroxylation is 1. The molecule has 5 rings (SSSR count). The number of aliphatic hydroxyl groups excluding tert-OH is 1. The number of alkyl halides is 3. The zero-order valence-electron chi connectivity index (χ0n) is 22.5. The minimum Gasteiger partial charge on any atom is -0.396 e. The number of fused-ring (bicyclic) bond motifs is 2. The average molecular weight is 541 g/mol. The summed E-state index contributed by atoms with van der Waals surface area (Å²) in [6.45, 7) is 6.84. The third kappa shape index (κ3) is 5.92. The Balaban J connectivity index is 1.51. The quantitative estimate of drug-likeness (QED) is 0.305. The number of hydrogen-bond acceptors (Lipinski definition) is 6. The van der Waals surface area contributed by atoms with E-state index >= 15 is 0 Å². The number of aromatic nitrogens is 4. The third-order valence-corrected chi connectivity index (χ3v) is 7.46. The summed E-state index contributed by atoms with van der Waals surface area (Å²) in [4.78, 5) is 6.40. The Morgan fingerprint density at radius 3 is 2.64 bits per heavy atom. The second kappa shape index (κ2) is 11.2. The Labute approximate surface area is 226 Å². The molecule has 1 fully saturated rings. The van der Waals surface area contributed by atoms with E-state index in [4.69, 9.17) is 4.98 Å². The molecule has 0 saturated carbocycles. The second-order valence-corrected chi connectivity index (χ2v) is 11.0. The molecule has 0 spiro atoms. The van der Waals surface area contributed by atoms with E-state index in [1.165, 1.54) is 17.2 Å². The van der Waals surface area contributed by atoms with Gasteiger partial charge in [0.25, 0.3) is 0 Å². The average Bonchev–Trinajstić information content (AvgIpc) is 3.52. The summed E-state index contributed by atoms with van der Waals surface area (Å²) < 4.78 is 44.9. The highest BCUT2D eigenvalue weighted by Crippen LogP contribution is 2.40. The van der Waals surface area contributed by atoms with Gasteiger partial charge in [-0.1, -0.05) is 51.1 Å². The number of hydrogen-bond donors (Lipinski definition) is 2. The maximum absolute atomic E-state index is 14.4. The van der Waals surface area contributed by atoms with Crippen LogP contribution in [-0.4, -0.2) is 67.5 Å². The van der Waals surface area contributed by atoms with E-state index in [2.05, 4.69) is 15.5 Å². The number of pyridine rings is 2. The number of nitrogens with zero attached hydrogens (tertiary/aromatic N) is 5. The van der Waals surface area contributed by atoms with Crippen LogP contribution in [0, 0.1) is 5.92 Å². The first-order valence-electron chi connectivity index (χ1n) is 13.6. The number of rotatable bonds is 9. The lowest BCUT2D eigenvalue weighted by molar-refractivity contribution is -0.184. The molecule has 1 aromatic carbocycles. The van der Waals surface area contributed by atoms with Crippen LogP contribution in [0.3, 0.4) is 0 Å². The fraction of sp³-hybridized carbons (Fsp3) is 0.483. The molecule has 208 valence electrons. The van der Waals surface area contributed by atoms with Crippen LogP contribution in [0.1, 0.15) is 50.8 Å². The molecule has 4 aromatic rings. The van der Waals surface area contributed by atoms with Crippen LogP contribution in [0.5, 0.6) is 0 Å². The highest BCUT2D eigenvalue weighted by Gasteiger charge is 2.47. The first-order chi connectivity index (χ1) is 18.6. The van der Waals surface area contributed by atoms with E-state index in [9.17, 15) is 18.3 Å². The minimum absolute atomic E-state index is 0.0282. The molecule has 1 saturated heterocycles. The molecule has 0 amide bonds. The van der Waals surface area contributed by atoms with Crippen molar-refractivity contribution in [3.8, 4) is 11.5 Å². The van der Waals surface area contributed by atoms with Crippen LogP contribution in [-0.2, 0) is 6.42 Å². The maximum Gasteiger partial charge on any atom is 0.408 e. The number of aliphatic hydroxyl groups is 1. The summed E-state index contributed by atoms with van der Waals surface area (Å²) in [5, 5.41) is 22.3. The molecule has 10 heteroatoms. The van der Waals surface area contributed by atoms with Gasteiger partial charge in [-0.15, -0.1) is 10.2 Å². The van der Waals surface area contributed by atoms with Crippen molar-refractivity contribution in [3.63, 3.8) is 0 Å². The molecule has 0 unspecified atom stereocenters. The molecule has 0 aliphatic carbocycles. The van der Waals surface area contributed by atoms with Gasteiger partial charge in [0.15, 0.2) is 11.5 Å². The molecule has 39 heavy (non-hydrogen) atoms. The highest BCUT2D eigenvalue weighted by atomic mass is 19.4. The van der Waals surface area contributed by atoms with Crippen LogP contribution in [0.2, 0.25) is 0 Å².